The SMILES string of the molecule is CC1(C)COP(=O)(O)O[C@H]1C(=O)NCCC(=O)NCCSC(=O)/C=C/C(=O)O. The summed E-state index contributed by atoms with van der Waals surface area (Å²) >= 11 is 0.855. The fourth-order valence-electron chi connectivity index (χ4n) is 2.04. The molecule has 2 amide bonds. The average Bonchev–Trinajstić information content (AvgIpc) is 2.59. The number of hydrogen-bond donors (Lipinski definition) is 4. The number of nitrogens with one attached hydrogen (secondary N) is 2. The van der Waals surface area contributed by atoms with Crippen molar-refractivity contribution in [3.05, 3.63) is 12.2 Å². The summed E-state index contributed by atoms with van der Waals surface area (Å²) in [7, 11) is -4.27. The number of carboxylic acid groups (broad SMARTS) is 1. The summed E-state index contributed by atoms with van der Waals surface area (Å²) in [5.41, 5.74) is -0.818. The second-order valence-corrected chi connectivity index (χ2v) is 8.95. The van der Waals surface area contributed by atoms with Gasteiger partial charge in [0.25, 0.3) is 0 Å². The molecule has 1 aliphatic rings. The molecule has 1 unspecified atom stereocenters. The molecule has 0 aromatic carbocycles. The summed E-state index contributed by atoms with van der Waals surface area (Å²) < 4.78 is 21.0. The van der Waals surface area contributed by atoms with Gasteiger partial charge < -0.3 is 20.6 Å². The Balaban J connectivity index is 2.27. The Labute approximate surface area is 165 Å². The molecule has 1 heterocycles. The zero-order valence-corrected chi connectivity index (χ0v) is 17.1. The van der Waals surface area contributed by atoms with Gasteiger partial charge in [-0.2, -0.15) is 0 Å². The Hall–Kier alpha value is -1.72. The smallest absolute Gasteiger partial charge is 0.472 e. The molecule has 158 valence electrons. The summed E-state index contributed by atoms with van der Waals surface area (Å²) in [6.45, 7) is 3.34. The molecule has 11 nitrogen and oxygen atoms in total. The van der Waals surface area contributed by atoms with Gasteiger partial charge in [0.1, 0.15) is 0 Å². The minimum Gasteiger partial charge on any atom is -0.478 e. The molecule has 13 heteroatoms. The molecular weight excluding hydrogens is 415 g/mol. The number of hydrogen-bond acceptors (Lipinski definition) is 8. The Morgan fingerprint density at radius 3 is 2.54 bits per heavy atom. The second-order valence-electron chi connectivity index (χ2n) is 6.45. The minimum absolute atomic E-state index is 0.00931. The lowest BCUT2D eigenvalue weighted by atomic mass is 9.87. The van der Waals surface area contributed by atoms with Gasteiger partial charge in [0, 0.05) is 36.8 Å². The second kappa shape index (κ2) is 10.7. The van der Waals surface area contributed by atoms with E-state index in [1.807, 2.05) is 0 Å². The van der Waals surface area contributed by atoms with Gasteiger partial charge in [-0.15, -0.1) is 0 Å². The maximum atomic E-state index is 12.2. The van der Waals surface area contributed by atoms with E-state index in [1.54, 1.807) is 13.8 Å². The predicted octanol–water partition coefficient (Wildman–Crippen LogP) is 0.0515. The van der Waals surface area contributed by atoms with E-state index in [9.17, 15) is 28.6 Å². The van der Waals surface area contributed by atoms with Crippen molar-refractivity contribution in [2.75, 3.05) is 25.4 Å². The van der Waals surface area contributed by atoms with Crippen molar-refractivity contribution in [2.45, 2.75) is 26.4 Å². The van der Waals surface area contributed by atoms with Crippen LogP contribution in [0.15, 0.2) is 12.2 Å². The molecule has 28 heavy (non-hydrogen) atoms. The number of phosphoric acid groups is 1. The molecule has 0 bridgehead atoms. The summed E-state index contributed by atoms with van der Waals surface area (Å²) in [6, 6.07) is 0. The molecule has 4 N–H and O–H groups in total. The monoisotopic (exact) mass is 438 g/mol. The molecule has 1 aliphatic heterocycles. The van der Waals surface area contributed by atoms with Crippen LogP contribution in [-0.4, -0.2) is 64.5 Å². The number of carboxylic acids is 1. The molecule has 1 saturated heterocycles. The van der Waals surface area contributed by atoms with Gasteiger partial charge in [-0.3, -0.25) is 23.4 Å². The van der Waals surface area contributed by atoms with E-state index in [-0.39, 0.29) is 37.8 Å². The maximum absolute atomic E-state index is 12.2. The topological polar surface area (TPSA) is 168 Å². The lowest BCUT2D eigenvalue weighted by Gasteiger charge is -2.38. The van der Waals surface area contributed by atoms with Crippen LogP contribution in [0.4, 0.5) is 0 Å². The Kier molecular flexibility index (Phi) is 9.31. The quantitative estimate of drug-likeness (QED) is 0.219. The van der Waals surface area contributed by atoms with Crippen molar-refractivity contribution in [1.82, 2.24) is 10.6 Å². The van der Waals surface area contributed by atoms with Gasteiger partial charge in [-0.25, -0.2) is 9.36 Å². The third-order valence-corrected chi connectivity index (χ3v) is 5.23. The third kappa shape index (κ3) is 8.98. The van der Waals surface area contributed by atoms with Crippen LogP contribution in [0.5, 0.6) is 0 Å². The van der Waals surface area contributed by atoms with Crippen LogP contribution >= 0.6 is 19.6 Å². The maximum Gasteiger partial charge on any atom is 0.472 e. The number of carbonyl (C=O) groups is 4. The van der Waals surface area contributed by atoms with Gasteiger partial charge in [0.15, 0.2) is 6.10 Å². The molecule has 0 spiro atoms. The van der Waals surface area contributed by atoms with E-state index in [0.29, 0.717) is 0 Å². The van der Waals surface area contributed by atoms with E-state index in [2.05, 4.69) is 15.2 Å². The Morgan fingerprint density at radius 1 is 1.21 bits per heavy atom. The van der Waals surface area contributed by atoms with Crippen LogP contribution in [-0.2, 0) is 32.8 Å². The first-order chi connectivity index (χ1) is 12.9. The largest absolute Gasteiger partial charge is 0.478 e. The first kappa shape index (κ1) is 24.3. The molecule has 2 atom stereocenters. The Bertz CT molecular complexity index is 695. The van der Waals surface area contributed by atoms with Crippen molar-refractivity contribution >= 4 is 42.5 Å². The number of thioether (sulfide) groups is 1. The fraction of sp³-hybridized carbons (Fsp3) is 0.600. The fourth-order valence-corrected chi connectivity index (χ4v) is 3.82. The van der Waals surface area contributed by atoms with E-state index >= 15 is 0 Å². The van der Waals surface area contributed by atoms with Crippen LogP contribution < -0.4 is 10.6 Å². The highest BCUT2D eigenvalue weighted by molar-refractivity contribution is 8.14. The highest BCUT2D eigenvalue weighted by Gasteiger charge is 2.47. The van der Waals surface area contributed by atoms with E-state index in [1.165, 1.54) is 0 Å². The zero-order valence-electron chi connectivity index (χ0n) is 15.4. The van der Waals surface area contributed by atoms with Crippen molar-refractivity contribution < 1.29 is 42.8 Å². The first-order valence-electron chi connectivity index (χ1n) is 8.21. The van der Waals surface area contributed by atoms with Gasteiger partial charge in [-0.1, -0.05) is 25.6 Å². The summed E-state index contributed by atoms with van der Waals surface area (Å²) in [4.78, 5) is 54.8. The highest BCUT2D eigenvalue weighted by Crippen LogP contribution is 2.52. The third-order valence-electron chi connectivity index (χ3n) is 3.47. The number of rotatable bonds is 9. The van der Waals surface area contributed by atoms with Crippen LogP contribution in [0.25, 0.3) is 0 Å². The van der Waals surface area contributed by atoms with Crippen molar-refractivity contribution in [2.24, 2.45) is 5.41 Å². The average molecular weight is 438 g/mol. The Morgan fingerprint density at radius 2 is 1.89 bits per heavy atom. The molecule has 0 aromatic heterocycles. The van der Waals surface area contributed by atoms with Crippen LogP contribution in [0.2, 0.25) is 0 Å². The first-order valence-corrected chi connectivity index (χ1v) is 10.7. The van der Waals surface area contributed by atoms with Gasteiger partial charge in [-0.05, 0) is 6.08 Å². The van der Waals surface area contributed by atoms with E-state index in [0.717, 1.165) is 23.9 Å². The van der Waals surface area contributed by atoms with Crippen molar-refractivity contribution in [3.63, 3.8) is 0 Å². The number of aliphatic carboxylic acids is 1. The highest BCUT2D eigenvalue weighted by atomic mass is 32.2. The molecule has 0 radical (unpaired) electrons. The van der Waals surface area contributed by atoms with Crippen LogP contribution in [0.1, 0.15) is 20.3 Å². The van der Waals surface area contributed by atoms with Crippen LogP contribution in [0.3, 0.4) is 0 Å². The predicted molar refractivity (Wildman–Crippen MR) is 99.3 cm³/mol. The van der Waals surface area contributed by atoms with E-state index in [4.69, 9.17) is 9.63 Å². The van der Waals surface area contributed by atoms with Crippen molar-refractivity contribution in [1.29, 1.82) is 0 Å². The lowest BCUT2D eigenvalue weighted by molar-refractivity contribution is -0.141. The molecule has 0 aromatic rings. The summed E-state index contributed by atoms with van der Waals surface area (Å²) in [6.07, 6.45) is 0.427. The van der Waals surface area contributed by atoms with E-state index < -0.39 is 36.3 Å². The molecule has 1 fully saturated rings. The van der Waals surface area contributed by atoms with Gasteiger partial charge in [0.2, 0.25) is 16.9 Å². The van der Waals surface area contributed by atoms with Gasteiger partial charge >= 0.3 is 13.8 Å². The number of amides is 2. The number of carbonyl (C=O) groups excluding carboxylic acids is 3. The van der Waals surface area contributed by atoms with Crippen LogP contribution in [0, 0.1) is 5.41 Å². The minimum atomic E-state index is -4.27. The molecule has 0 saturated carbocycles. The lowest BCUT2D eigenvalue weighted by Crippen LogP contribution is -2.49. The zero-order chi connectivity index (χ0) is 21.4. The molecule has 0 aliphatic carbocycles. The van der Waals surface area contributed by atoms with Gasteiger partial charge in [0.05, 0.1) is 6.61 Å². The molecule has 1 rings (SSSR count). The van der Waals surface area contributed by atoms with Crippen molar-refractivity contribution in [3.8, 4) is 0 Å². The molecular formula is C15H23N2O9PS. The number of phosphoric ester groups is 1. The standard InChI is InChI=1S/C15H23N2O9PS/c1-15(2)9-25-27(23,24)26-13(15)14(22)17-6-5-10(18)16-7-8-28-12(21)4-3-11(19)20/h3-4,13H,5-9H2,1-2H3,(H,16,18)(H,17,22)(H,19,20)(H,23,24)/b4-3+/t13-/m0/s1. The normalized spacial score (nSPS) is 23.9. The summed E-state index contributed by atoms with van der Waals surface area (Å²) in [5, 5.41) is 13.0. The summed E-state index contributed by atoms with van der Waals surface area (Å²) in [5.74, 6) is -1.95.